The number of aliphatic hydroxyl groups excluding tert-OH is 1. The number of hydrogen-bond acceptors (Lipinski definition) is 18. The van der Waals surface area contributed by atoms with Gasteiger partial charge in [-0.2, -0.15) is 18.1 Å². The monoisotopic (exact) mass is 1110 g/mol. The van der Waals surface area contributed by atoms with E-state index >= 15 is 0 Å². The molecule has 24 nitrogen and oxygen atoms in total. The van der Waals surface area contributed by atoms with Crippen molar-refractivity contribution in [1.29, 1.82) is 0 Å². The number of nitrogens with zero attached hydrogens (tertiary/aromatic N) is 7. The Hall–Kier alpha value is -8.01. The molecule has 2 bridgehead atoms. The molecule has 7 heterocycles. The molecule has 8 aromatic rings. The van der Waals surface area contributed by atoms with Crippen LogP contribution < -0.4 is 30.4 Å². The minimum Gasteiger partial charge on any atom is -0.497 e. The number of aliphatic hydroxyl groups is 1. The van der Waals surface area contributed by atoms with Crippen LogP contribution in [0, 0.1) is 11.8 Å². The number of amides is 2. The second-order valence-corrected chi connectivity index (χ2v) is 21.2. The van der Waals surface area contributed by atoms with Gasteiger partial charge in [0.2, 0.25) is 11.9 Å². The molecule has 3 aliphatic heterocycles. The van der Waals surface area contributed by atoms with Gasteiger partial charge in [-0.1, -0.05) is 93.6 Å². The van der Waals surface area contributed by atoms with Crippen LogP contribution in [-0.4, -0.2) is 128 Å². The number of aromatic amines is 1. The molecule has 8 atom stereocenters. The maximum Gasteiger partial charge on any atom is 0.336 e. The number of methoxy groups -OCH3 is 2. The number of aromatic nitrogens is 8. The molecule has 5 N–H and O–H groups in total. The van der Waals surface area contributed by atoms with E-state index in [1.807, 2.05) is 85.8 Å². The van der Waals surface area contributed by atoms with E-state index in [9.17, 15) is 27.9 Å². The number of anilines is 2. The summed E-state index contributed by atoms with van der Waals surface area (Å²) in [6, 6.07) is 33.0. The van der Waals surface area contributed by atoms with Gasteiger partial charge in [0.1, 0.15) is 47.3 Å². The Kier molecular flexibility index (Phi) is 14.8. The number of benzene rings is 4. The molecule has 1 unspecified atom stereocenters. The zero-order valence-electron chi connectivity index (χ0n) is 44.0. The lowest BCUT2D eigenvalue weighted by molar-refractivity contribution is -0.172. The average molecular weight is 1110 g/mol. The quantitative estimate of drug-likeness (QED) is 0.0627. The first-order valence-corrected chi connectivity index (χ1v) is 27.2. The molecule has 0 radical (unpaired) electrons. The fraction of sp³-hybridized carbons (Fsp3) is 0.345. The molecule has 0 spiro atoms. The van der Waals surface area contributed by atoms with Crippen molar-refractivity contribution in [3.63, 3.8) is 0 Å². The summed E-state index contributed by atoms with van der Waals surface area (Å²) in [5.74, 6) is -1.05. The molecule has 80 heavy (non-hydrogen) atoms. The summed E-state index contributed by atoms with van der Waals surface area (Å²) in [5.41, 5.74) is -1.04. The third-order valence-corrected chi connectivity index (χ3v) is 15.7. The Morgan fingerprint density at radius 1 is 0.825 bits per heavy atom. The summed E-state index contributed by atoms with van der Waals surface area (Å²) in [4.78, 5) is 64.1. The normalized spacial score (nSPS) is 22.8. The molecule has 2 amide bonds. The Balaban J connectivity index is 0.985. The molecule has 4 aromatic heterocycles. The largest absolute Gasteiger partial charge is 0.497 e. The number of imidazole rings is 2. The van der Waals surface area contributed by atoms with Crippen molar-refractivity contribution < 1.29 is 55.7 Å². The molecular weight excluding hydrogens is 1050 g/mol. The highest BCUT2D eigenvalue weighted by molar-refractivity contribution is 7.84. The van der Waals surface area contributed by atoms with E-state index in [2.05, 4.69) is 45.3 Å². The lowest BCUT2D eigenvalue weighted by Crippen LogP contribution is -2.54. The number of carbonyl (C=O) groups excluding carboxylic acids is 2. The van der Waals surface area contributed by atoms with E-state index in [0.29, 0.717) is 40.2 Å². The summed E-state index contributed by atoms with van der Waals surface area (Å²) in [6.45, 7) is 3.90. The van der Waals surface area contributed by atoms with Crippen LogP contribution in [0.1, 0.15) is 66.7 Å². The molecule has 4 aromatic carbocycles. The Bertz CT molecular complexity index is 3670. The third-order valence-electron chi connectivity index (χ3n) is 14.7. The number of rotatable bonds is 20. The molecule has 11 rings (SSSR count). The molecular formula is C55H57N11O13S. The Morgan fingerprint density at radius 2 is 1.45 bits per heavy atom. The first kappa shape index (κ1) is 54.0. The van der Waals surface area contributed by atoms with Crippen LogP contribution in [0.25, 0.3) is 22.3 Å². The van der Waals surface area contributed by atoms with Crippen LogP contribution in [0.4, 0.5) is 11.8 Å². The van der Waals surface area contributed by atoms with Gasteiger partial charge < -0.3 is 38.8 Å². The van der Waals surface area contributed by atoms with E-state index in [1.165, 1.54) is 23.5 Å². The van der Waals surface area contributed by atoms with Crippen molar-refractivity contribution in [2.75, 3.05) is 44.6 Å². The van der Waals surface area contributed by atoms with Crippen LogP contribution in [0.3, 0.4) is 0 Å². The highest BCUT2D eigenvalue weighted by atomic mass is 32.2. The van der Waals surface area contributed by atoms with E-state index in [-0.39, 0.29) is 40.7 Å². The third kappa shape index (κ3) is 9.84. The van der Waals surface area contributed by atoms with Crippen LogP contribution in [0.15, 0.2) is 133 Å². The van der Waals surface area contributed by atoms with E-state index in [0.717, 1.165) is 0 Å². The zero-order chi connectivity index (χ0) is 55.9. The standard InChI is InChI=1S/C55H57N11O13S/c1-6-39-38(25-67)42(51(76-39)66-30-59-41-47(66)62-53(64-50(41)70)63-48(68)31(2)3)79-80(71,72)60-26-54-27-75-43(52(78-54)65-29-58-40-45(56-28-57-46(40)65)61-49(69)32-13-9-7-10-14-32)44(54)77-55(33-15-11-8-12-16-33,34-17-21-36(73-4)22-18-34)35-19-23-37(74-5)24-20-35/h7-24,28-31,38-39,42-44,51-52,60,67H,6,25-27H2,1-5H3,(H,56,57,61,69)(H2,62,63,64,68,70)/t38-,39-,42-,43-,44?,51-,52-,54+/m1/s1. The minimum absolute atomic E-state index is 0.0396. The summed E-state index contributed by atoms with van der Waals surface area (Å²) in [7, 11) is -1.74. The number of nitrogens with one attached hydrogen (secondary N) is 4. The van der Waals surface area contributed by atoms with Crippen molar-refractivity contribution in [1.82, 2.24) is 43.8 Å². The molecule has 3 saturated heterocycles. The van der Waals surface area contributed by atoms with Gasteiger partial charge in [0.25, 0.3) is 11.5 Å². The van der Waals surface area contributed by atoms with Gasteiger partial charge in [0, 0.05) is 23.9 Å². The maximum absolute atomic E-state index is 14.8. The summed E-state index contributed by atoms with van der Waals surface area (Å²) in [5, 5.41) is 16.3. The molecule has 0 aliphatic carbocycles. The summed E-state index contributed by atoms with van der Waals surface area (Å²) in [6.07, 6.45) is -2.31. The van der Waals surface area contributed by atoms with Crippen molar-refractivity contribution in [3.8, 4) is 11.5 Å². The van der Waals surface area contributed by atoms with Gasteiger partial charge in [-0.15, -0.1) is 0 Å². The van der Waals surface area contributed by atoms with Crippen LogP contribution in [-0.2, 0) is 43.8 Å². The van der Waals surface area contributed by atoms with Gasteiger partial charge in [0.15, 0.2) is 40.6 Å². The van der Waals surface area contributed by atoms with Gasteiger partial charge in [-0.3, -0.25) is 33.8 Å². The predicted molar refractivity (Wildman–Crippen MR) is 288 cm³/mol. The molecule has 25 heteroatoms. The number of fused-ring (bicyclic) bond motifs is 4. The summed E-state index contributed by atoms with van der Waals surface area (Å²) < 4.78 is 80.4. The number of H-pyrrole nitrogens is 1. The fourth-order valence-electron chi connectivity index (χ4n) is 10.6. The first-order valence-electron chi connectivity index (χ1n) is 25.8. The SMILES string of the molecule is CC[C@H]1O[C@@H](n2cnc3c(=O)[nH]c(NC(=O)C(C)C)nc32)[C@H](OS(=O)(=O)NC[C@]23CO[C@H](C2OC(c2ccccc2)(c2ccc(OC)cc2)c2ccc(OC)cc2)[C@H](n2cnc4c(NC(=O)c5ccccc5)ncnc42)O3)[C@@H]1CO. The van der Waals surface area contributed by atoms with Crippen LogP contribution >= 0.6 is 0 Å². The fourth-order valence-corrected chi connectivity index (χ4v) is 11.6. The highest BCUT2D eigenvalue weighted by Crippen LogP contribution is 2.53. The number of ether oxygens (including phenoxy) is 6. The second kappa shape index (κ2) is 21.9. The van der Waals surface area contributed by atoms with Crippen molar-refractivity contribution in [3.05, 3.63) is 161 Å². The van der Waals surface area contributed by atoms with E-state index in [1.54, 1.807) is 63.0 Å². The maximum atomic E-state index is 14.8. The van der Waals surface area contributed by atoms with Gasteiger partial charge in [0.05, 0.1) is 46.2 Å². The van der Waals surface area contributed by atoms with Crippen molar-refractivity contribution >= 4 is 56.2 Å². The number of carbonyl (C=O) groups is 2. The van der Waals surface area contributed by atoms with Crippen molar-refractivity contribution in [2.45, 2.75) is 75.3 Å². The smallest absolute Gasteiger partial charge is 0.336 e. The highest BCUT2D eigenvalue weighted by Gasteiger charge is 2.65. The van der Waals surface area contributed by atoms with Crippen LogP contribution in [0.2, 0.25) is 0 Å². The first-order chi connectivity index (χ1) is 38.7. The van der Waals surface area contributed by atoms with E-state index < -0.39 is 101 Å². The Labute approximate surface area is 458 Å². The van der Waals surface area contributed by atoms with Crippen molar-refractivity contribution in [2.24, 2.45) is 11.8 Å². The van der Waals surface area contributed by atoms with Gasteiger partial charge >= 0.3 is 10.3 Å². The minimum atomic E-state index is -4.88. The zero-order valence-corrected chi connectivity index (χ0v) is 44.8. The summed E-state index contributed by atoms with van der Waals surface area (Å²) >= 11 is 0. The van der Waals surface area contributed by atoms with Gasteiger partial charge in [-0.25, -0.2) is 24.1 Å². The van der Waals surface area contributed by atoms with Gasteiger partial charge in [-0.05, 0) is 59.5 Å². The lowest BCUT2D eigenvalue weighted by Gasteiger charge is -2.40. The number of hydrogen-bond donors (Lipinski definition) is 5. The van der Waals surface area contributed by atoms with Crippen LogP contribution in [0.5, 0.6) is 11.5 Å². The average Bonchev–Trinajstić information content (AvgIpc) is 4.50. The topological polar surface area (TPSA) is 296 Å². The Morgan fingerprint density at radius 3 is 2.08 bits per heavy atom. The molecule has 3 fully saturated rings. The molecule has 416 valence electrons. The predicted octanol–water partition coefficient (Wildman–Crippen LogP) is 5.00. The second-order valence-electron chi connectivity index (χ2n) is 19.8. The molecule has 3 aliphatic rings. The molecule has 0 saturated carbocycles. The lowest BCUT2D eigenvalue weighted by atomic mass is 9.79. The van der Waals surface area contributed by atoms with E-state index in [4.69, 9.17) is 32.6 Å².